The normalized spacial score (nSPS) is 13.4. The Morgan fingerprint density at radius 3 is 2.48 bits per heavy atom. The molecule has 6 heteroatoms. The van der Waals surface area contributed by atoms with Gasteiger partial charge in [0.2, 0.25) is 0 Å². The second kappa shape index (κ2) is 8.36. The minimum atomic E-state index is -4.31. The Hall–Kier alpha value is -1.11. The van der Waals surface area contributed by atoms with E-state index in [4.69, 9.17) is 9.47 Å². The highest BCUT2D eigenvalue weighted by Crippen LogP contribution is 2.31. The van der Waals surface area contributed by atoms with E-state index in [-0.39, 0.29) is 6.04 Å². The lowest BCUT2D eigenvalue weighted by atomic mass is 9.99. The van der Waals surface area contributed by atoms with Gasteiger partial charge >= 0.3 is 6.18 Å². The molecule has 0 radical (unpaired) electrons. The zero-order valence-electron chi connectivity index (χ0n) is 12.6. The zero-order valence-corrected chi connectivity index (χ0v) is 12.6. The average molecular weight is 305 g/mol. The summed E-state index contributed by atoms with van der Waals surface area (Å²) in [6.45, 7) is 5.68. The van der Waals surface area contributed by atoms with Crippen LogP contribution in [0.25, 0.3) is 0 Å². The van der Waals surface area contributed by atoms with E-state index in [1.54, 1.807) is 14.0 Å². The fourth-order valence-corrected chi connectivity index (χ4v) is 2.09. The van der Waals surface area contributed by atoms with Crippen LogP contribution in [0.4, 0.5) is 13.2 Å². The van der Waals surface area contributed by atoms with Gasteiger partial charge in [-0.05, 0) is 36.7 Å². The van der Waals surface area contributed by atoms with Crippen molar-refractivity contribution in [2.45, 2.75) is 26.1 Å². The third-order valence-electron chi connectivity index (χ3n) is 3.14. The van der Waals surface area contributed by atoms with Crippen molar-refractivity contribution in [3.8, 4) is 0 Å². The first-order chi connectivity index (χ1) is 9.90. The Morgan fingerprint density at radius 2 is 1.95 bits per heavy atom. The van der Waals surface area contributed by atoms with Crippen molar-refractivity contribution in [3.05, 3.63) is 34.9 Å². The highest BCUT2D eigenvalue weighted by Gasteiger charge is 2.31. The molecule has 1 unspecified atom stereocenters. The standard InChI is InChI=1S/C15H22F3NO2/c1-4-19-14(10-21-8-7-20-3)13-6-5-12(9-11(13)2)15(16,17)18/h5-6,9,14,19H,4,7-8,10H2,1-3H3. The SMILES string of the molecule is CCNC(COCCOC)c1ccc(C(F)(F)F)cc1C. The van der Waals surface area contributed by atoms with Gasteiger partial charge in [0.15, 0.2) is 0 Å². The zero-order chi connectivity index (χ0) is 15.9. The largest absolute Gasteiger partial charge is 0.416 e. The van der Waals surface area contributed by atoms with Crippen LogP contribution in [0, 0.1) is 6.92 Å². The smallest absolute Gasteiger partial charge is 0.382 e. The summed E-state index contributed by atoms with van der Waals surface area (Å²) in [7, 11) is 1.59. The molecule has 0 aromatic heterocycles. The first-order valence-electron chi connectivity index (χ1n) is 6.88. The minimum absolute atomic E-state index is 0.130. The molecule has 0 saturated heterocycles. The van der Waals surface area contributed by atoms with Gasteiger partial charge in [0, 0.05) is 7.11 Å². The van der Waals surface area contributed by atoms with Crippen LogP contribution in [0.5, 0.6) is 0 Å². The Kier molecular flexibility index (Phi) is 7.14. The molecule has 0 saturated carbocycles. The highest BCUT2D eigenvalue weighted by atomic mass is 19.4. The van der Waals surface area contributed by atoms with Gasteiger partial charge in [0.1, 0.15) is 0 Å². The maximum absolute atomic E-state index is 12.7. The summed E-state index contributed by atoms with van der Waals surface area (Å²) in [5.74, 6) is 0. The number of halogens is 3. The first kappa shape index (κ1) is 17.9. The number of ether oxygens (including phenoxy) is 2. The third kappa shape index (κ3) is 5.65. The van der Waals surface area contributed by atoms with Gasteiger partial charge < -0.3 is 14.8 Å². The summed E-state index contributed by atoms with van der Waals surface area (Å²) in [6, 6.07) is 3.68. The molecule has 0 fully saturated rings. The number of likely N-dealkylation sites (N-methyl/N-ethyl adjacent to an activating group) is 1. The van der Waals surface area contributed by atoms with Crippen molar-refractivity contribution in [2.75, 3.05) is 33.5 Å². The van der Waals surface area contributed by atoms with E-state index in [1.807, 2.05) is 6.92 Å². The first-order valence-corrected chi connectivity index (χ1v) is 6.88. The van der Waals surface area contributed by atoms with Crippen molar-refractivity contribution in [1.29, 1.82) is 0 Å². The number of rotatable bonds is 8. The number of alkyl halides is 3. The number of methoxy groups -OCH3 is 1. The van der Waals surface area contributed by atoms with Crippen LogP contribution in [0.1, 0.15) is 29.7 Å². The maximum atomic E-state index is 12.7. The van der Waals surface area contributed by atoms with Crippen molar-refractivity contribution in [3.63, 3.8) is 0 Å². The van der Waals surface area contributed by atoms with Gasteiger partial charge in [0.05, 0.1) is 31.4 Å². The second-order valence-corrected chi connectivity index (χ2v) is 4.75. The summed E-state index contributed by atoms with van der Waals surface area (Å²) in [5.41, 5.74) is 0.799. The van der Waals surface area contributed by atoms with Crippen molar-refractivity contribution >= 4 is 0 Å². The second-order valence-electron chi connectivity index (χ2n) is 4.75. The van der Waals surface area contributed by atoms with Crippen LogP contribution < -0.4 is 5.32 Å². The summed E-state index contributed by atoms with van der Waals surface area (Å²) in [5, 5.41) is 3.23. The molecule has 0 heterocycles. The summed E-state index contributed by atoms with van der Waals surface area (Å²) in [4.78, 5) is 0. The highest BCUT2D eigenvalue weighted by molar-refractivity contribution is 5.34. The molecule has 1 N–H and O–H groups in total. The lowest BCUT2D eigenvalue weighted by molar-refractivity contribution is -0.137. The van der Waals surface area contributed by atoms with Crippen LogP contribution in [-0.4, -0.2) is 33.5 Å². The molecular formula is C15H22F3NO2. The predicted octanol–water partition coefficient (Wildman–Crippen LogP) is 3.33. The average Bonchev–Trinajstić information content (AvgIpc) is 2.41. The van der Waals surface area contributed by atoms with Gasteiger partial charge in [0.25, 0.3) is 0 Å². The molecule has 1 aromatic carbocycles. The van der Waals surface area contributed by atoms with E-state index in [1.165, 1.54) is 12.1 Å². The molecule has 1 rings (SSSR count). The lowest BCUT2D eigenvalue weighted by Gasteiger charge is -2.21. The summed E-state index contributed by atoms with van der Waals surface area (Å²) < 4.78 is 48.4. The molecule has 0 aliphatic carbocycles. The Labute approximate surface area is 123 Å². The van der Waals surface area contributed by atoms with Gasteiger partial charge in [-0.1, -0.05) is 13.0 Å². The van der Waals surface area contributed by atoms with Gasteiger partial charge in [-0.2, -0.15) is 13.2 Å². The number of aryl methyl sites for hydroxylation is 1. The van der Waals surface area contributed by atoms with E-state index in [2.05, 4.69) is 5.32 Å². The van der Waals surface area contributed by atoms with Crippen molar-refractivity contribution in [1.82, 2.24) is 5.32 Å². The monoisotopic (exact) mass is 305 g/mol. The van der Waals surface area contributed by atoms with Crippen LogP contribution in [0.2, 0.25) is 0 Å². The topological polar surface area (TPSA) is 30.5 Å². The predicted molar refractivity (Wildman–Crippen MR) is 75.3 cm³/mol. The fraction of sp³-hybridized carbons (Fsp3) is 0.600. The molecule has 1 atom stereocenters. The molecule has 0 spiro atoms. The van der Waals surface area contributed by atoms with E-state index in [0.29, 0.717) is 31.9 Å². The van der Waals surface area contributed by atoms with E-state index >= 15 is 0 Å². The number of benzene rings is 1. The third-order valence-corrected chi connectivity index (χ3v) is 3.14. The molecule has 0 aliphatic heterocycles. The molecule has 3 nitrogen and oxygen atoms in total. The van der Waals surface area contributed by atoms with Crippen molar-refractivity contribution in [2.24, 2.45) is 0 Å². The maximum Gasteiger partial charge on any atom is 0.416 e. The van der Waals surface area contributed by atoms with Gasteiger partial charge in [-0.3, -0.25) is 0 Å². The van der Waals surface area contributed by atoms with Crippen LogP contribution in [-0.2, 0) is 15.7 Å². The Morgan fingerprint density at radius 1 is 1.24 bits per heavy atom. The summed E-state index contributed by atoms with van der Waals surface area (Å²) >= 11 is 0. The number of hydrogen-bond acceptors (Lipinski definition) is 3. The van der Waals surface area contributed by atoms with Gasteiger partial charge in [-0.25, -0.2) is 0 Å². The van der Waals surface area contributed by atoms with Crippen LogP contribution in [0.15, 0.2) is 18.2 Å². The summed E-state index contributed by atoms with van der Waals surface area (Å²) in [6.07, 6.45) is -4.31. The molecule has 0 bridgehead atoms. The molecule has 0 aliphatic rings. The van der Waals surface area contributed by atoms with Crippen LogP contribution >= 0.6 is 0 Å². The van der Waals surface area contributed by atoms with E-state index in [0.717, 1.165) is 11.6 Å². The Balaban J connectivity index is 2.82. The molecular weight excluding hydrogens is 283 g/mol. The molecule has 120 valence electrons. The number of hydrogen-bond donors (Lipinski definition) is 1. The number of nitrogens with one attached hydrogen (secondary N) is 1. The van der Waals surface area contributed by atoms with Crippen LogP contribution in [0.3, 0.4) is 0 Å². The molecule has 0 amide bonds. The van der Waals surface area contributed by atoms with Crippen molar-refractivity contribution < 1.29 is 22.6 Å². The Bertz CT molecular complexity index is 435. The van der Waals surface area contributed by atoms with Gasteiger partial charge in [-0.15, -0.1) is 0 Å². The minimum Gasteiger partial charge on any atom is -0.382 e. The quantitative estimate of drug-likeness (QED) is 0.747. The molecule has 1 aromatic rings. The fourth-order valence-electron chi connectivity index (χ4n) is 2.09. The lowest BCUT2D eigenvalue weighted by Crippen LogP contribution is -2.27. The van der Waals surface area contributed by atoms with E-state index in [9.17, 15) is 13.2 Å². The van der Waals surface area contributed by atoms with E-state index < -0.39 is 11.7 Å². The molecule has 21 heavy (non-hydrogen) atoms.